The molecule has 8 nitrogen and oxygen atoms in total. The lowest BCUT2D eigenvalue weighted by molar-refractivity contribution is -0.139. The summed E-state index contributed by atoms with van der Waals surface area (Å²) in [6.07, 6.45) is 0.575. The van der Waals surface area contributed by atoms with E-state index in [-0.39, 0.29) is 23.3 Å². The third kappa shape index (κ3) is 8.10. The molecule has 2 amide bonds. The molecule has 3 aromatic carbocycles. The van der Waals surface area contributed by atoms with Crippen molar-refractivity contribution in [3.05, 3.63) is 89.5 Å². The first-order valence-corrected chi connectivity index (χ1v) is 15.3. The number of sulfonamides is 1. The number of nitrogens with zero attached hydrogens (tertiary/aromatic N) is 2. The van der Waals surface area contributed by atoms with Gasteiger partial charge < -0.3 is 15.0 Å². The second-order valence-corrected chi connectivity index (χ2v) is 12.4. The Kier molecular flexibility index (Phi) is 10.9. The van der Waals surface area contributed by atoms with Crippen molar-refractivity contribution >= 4 is 27.5 Å². The summed E-state index contributed by atoms with van der Waals surface area (Å²) < 4.78 is 34.6. The highest BCUT2D eigenvalue weighted by molar-refractivity contribution is 7.92. The Balaban J connectivity index is 2.06. The van der Waals surface area contributed by atoms with Gasteiger partial charge in [0.2, 0.25) is 11.8 Å². The number of nitrogens with one attached hydrogen (secondary N) is 1. The van der Waals surface area contributed by atoms with Gasteiger partial charge in [-0.05, 0) is 67.6 Å². The average Bonchev–Trinajstić information content (AvgIpc) is 2.97. The lowest BCUT2D eigenvalue weighted by Gasteiger charge is -2.32. The molecule has 3 aromatic rings. The molecule has 0 heterocycles. The predicted molar refractivity (Wildman–Crippen MR) is 162 cm³/mol. The van der Waals surface area contributed by atoms with E-state index < -0.39 is 28.5 Å². The first-order chi connectivity index (χ1) is 19.5. The van der Waals surface area contributed by atoms with Crippen LogP contribution >= 0.6 is 0 Å². The van der Waals surface area contributed by atoms with Gasteiger partial charge in [-0.15, -0.1) is 0 Å². The SMILES string of the molecule is CCc1ccccc1N(CC(=O)N(Cc1cccc(OC)c1)[C@H](C)C(=O)NCC(C)C)S(=O)(=O)c1ccc(C)cc1. The number of methoxy groups -OCH3 is 1. The van der Waals surface area contributed by atoms with Crippen molar-refractivity contribution in [1.29, 1.82) is 0 Å². The number of benzene rings is 3. The molecule has 3 rings (SSSR count). The fourth-order valence-electron chi connectivity index (χ4n) is 4.41. The molecule has 0 fully saturated rings. The summed E-state index contributed by atoms with van der Waals surface area (Å²) in [7, 11) is -2.56. The van der Waals surface area contributed by atoms with Crippen LogP contribution < -0.4 is 14.4 Å². The summed E-state index contributed by atoms with van der Waals surface area (Å²) in [4.78, 5) is 28.8. The molecular formula is C32H41N3O5S. The van der Waals surface area contributed by atoms with E-state index in [2.05, 4.69) is 5.32 Å². The normalized spacial score (nSPS) is 12.1. The molecule has 0 aliphatic carbocycles. The number of ether oxygens (including phenoxy) is 1. The highest BCUT2D eigenvalue weighted by Crippen LogP contribution is 2.28. The first-order valence-electron chi connectivity index (χ1n) is 13.8. The highest BCUT2D eigenvalue weighted by atomic mass is 32.2. The number of amides is 2. The van der Waals surface area contributed by atoms with Gasteiger partial charge in [-0.25, -0.2) is 8.42 Å². The van der Waals surface area contributed by atoms with Gasteiger partial charge in [-0.2, -0.15) is 0 Å². The predicted octanol–water partition coefficient (Wildman–Crippen LogP) is 4.95. The van der Waals surface area contributed by atoms with Crippen molar-refractivity contribution in [1.82, 2.24) is 10.2 Å². The number of carbonyl (C=O) groups is 2. The lowest BCUT2D eigenvalue weighted by Crippen LogP contribution is -2.51. The molecule has 0 saturated carbocycles. The van der Waals surface area contributed by atoms with Crippen molar-refractivity contribution in [2.75, 3.05) is 24.5 Å². The van der Waals surface area contributed by atoms with Gasteiger partial charge >= 0.3 is 0 Å². The third-order valence-corrected chi connectivity index (χ3v) is 8.64. The van der Waals surface area contributed by atoms with Gasteiger partial charge in [0.05, 0.1) is 17.7 Å². The van der Waals surface area contributed by atoms with Gasteiger partial charge in [0.1, 0.15) is 18.3 Å². The van der Waals surface area contributed by atoms with Crippen LogP contribution in [-0.4, -0.2) is 51.4 Å². The van der Waals surface area contributed by atoms with Gasteiger partial charge in [-0.3, -0.25) is 13.9 Å². The Hall–Kier alpha value is -3.85. The Labute approximate surface area is 244 Å². The van der Waals surface area contributed by atoms with Crippen LogP contribution in [0.5, 0.6) is 5.75 Å². The molecule has 1 atom stereocenters. The Morgan fingerprint density at radius 2 is 1.63 bits per heavy atom. The largest absolute Gasteiger partial charge is 0.497 e. The summed E-state index contributed by atoms with van der Waals surface area (Å²) in [5.41, 5.74) is 2.90. The number of anilines is 1. The molecule has 0 aromatic heterocycles. The average molecular weight is 580 g/mol. The topological polar surface area (TPSA) is 96.0 Å². The molecule has 0 spiro atoms. The third-order valence-electron chi connectivity index (χ3n) is 6.87. The summed E-state index contributed by atoms with van der Waals surface area (Å²) in [6, 6.07) is 20.1. The van der Waals surface area contributed by atoms with Crippen LogP contribution in [0.2, 0.25) is 0 Å². The molecule has 220 valence electrons. The maximum atomic E-state index is 14.1. The maximum Gasteiger partial charge on any atom is 0.264 e. The fraction of sp³-hybridized carbons (Fsp3) is 0.375. The van der Waals surface area contributed by atoms with E-state index in [1.807, 2.05) is 52.0 Å². The number of carbonyl (C=O) groups excluding carboxylic acids is 2. The van der Waals surface area contributed by atoms with E-state index >= 15 is 0 Å². The van der Waals surface area contributed by atoms with E-state index in [1.165, 1.54) is 4.90 Å². The van der Waals surface area contributed by atoms with Crippen LogP contribution in [0.15, 0.2) is 77.7 Å². The van der Waals surface area contributed by atoms with Crippen molar-refractivity contribution in [2.45, 2.75) is 58.5 Å². The van der Waals surface area contributed by atoms with Crippen LogP contribution in [0.3, 0.4) is 0 Å². The molecule has 0 radical (unpaired) electrons. The van der Waals surface area contributed by atoms with Crippen molar-refractivity contribution in [3.8, 4) is 5.75 Å². The van der Waals surface area contributed by atoms with Crippen molar-refractivity contribution in [3.63, 3.8) is 0 Å². The molecule has 0 unspecified atom stereocenters. The maximum absolute atomic E-state index is 14.1. The van der Waals surface area contributed by atoms with Gasteiger partial charge in [0.15, 0.2) is 0 Å². The molecule has 1 N–H and O–H groups in total. The molecular weight excluding hydrogens is 538 g/mol. The van der Waals surface area contributed by atoms with Crippen LogP contribution in [0, 0.1) is 12.8 Å². The molecule has 41 heavy (non-hydrogen) atoms. The van der Waals surface area contributed by atoms with Crippen molar-refractivity contribution in [2.24, 2.45) is 5.92 Å². The Morgan fingerprint density at radius 3 is 2.27 bits per heavy atom. The Morgan fingerprint density at radius 1 is 0.951 bits per heavy atom. The van der Waals surface area contributed by atoms with Gasteiger partial charge in [-0.1, -0.05) is 68.8 Å². The van der Waals surface area contributed by atoms with Crippen LogP contribution in [0.1, 0.15) is 44.4 Å². The van der Waals surface area contributed by atoms with E-state index in [0.717, 1.165) is 21.0 Å². The van der Waals surface area contributed by atoms with Gasteiger partial charge in [0, 0.05) is 13.1 Å². The second-order valence-electron chi connectivity index (χ2n) is 10.5. The quantitative estimate of drug-likeness (QED) is 0.309. The molecule has 9 heteroatoms. The first kappa shape index (κ1) is 31.7. The van der Waals surface area contributed by atoms with Crippen LogP contribution in [-0.2, 0) is 32.6 Å². The number of para-hydroxylation sites is 1. The summed E-state index contributed by atoms with van der Waals surface area (Å²) in [5, 5.41) is 2.90. The number of rotatable bonds is 13. The van der Waals surface area contributed by atoms with Crippen molar-refractivity contribution < 1.29 is 22.7 Å². The van der Waals surface area contributed by atoms with E-state index in [4.69, 9.17) is 4.74 Å². The lowest BCUT2D eigenvalue weighted by atomic mass is 10.1. The number of hydrogen-bond donors (Lipinski definition) is 1. The summed E-state index contributed by atoms with van der Waals surface area (Å²) in [5.74, 6) is 0.0418. The minimum absolute atomic E-state index is 0.0869. The molecule has 0 aliphatic rings. The summed E-state index contributed by atoms with van der Waals surface area (Å²) >= 11 is 0. The Bertz CT molecular complexity index is 1440. The van der Waals surface area contributed by atoms with E-state index in [9.17, 15) is 18.0 Å². The van der Waals surface area contributed by atoms with Crippen LogP contribution in [0.4, 0.5) is 5.69 Å². The second kappa shape index (κ2) is 14.2. The standard InChI is InChI=1S/C32H41N3O5S/c1-7-27-12-8-9-14-30(27)35(41(38,39)29-17-15-24(4)16-18-29)22-31(36)34(25(5)32(37)33-20-23(2)3)21-26-11-10-13-28(19-26)40-6/h8-19,23,25H,7,20-22H2,1-6H3,(H,33,37)/t25-/m1/s1. The minimum atomic E-state index is -4.12. The monoisotopic (exact) mass is 579 g/mol. The number of aryl methyl sites for hydroxylation is 2. The van der Waals surface area contributed by atoms with Gasteiger partial charge in [0.25, 0.3) is 10.0 Å². The molecule has 0 bridgehead atoms. The minimum Gasteiger partial charge on any atom is -0.497 e. The zero-order valence-electron chi connectivity index (χ0n) is 24.8. The zero-order chi connectivity index (χ0) is 30.2. The molecule has 0 saturated heterocycles. The van der Waals surface area contributed by atoms with E-state index in [1.54, 1.807) is 62.6 Å². The molecule has 0 aliphatic heterocycles. The number of hydrogen-bond acceptors (Lipinski definition) is 5. The van der Waals surface area contributed by atoms with E-state index in [0.29, 0.717) is 24.4 Å². The van der Waals surface area contributed by atoms with Crippen LogP contribution in [0.25, 0.3) is 0 Å². The zero-order valence-corrected chi connectivity index (χ0v) is 25.6. The highest BCUT2D eigenvalue weighted by Gasteiger charge is 2.33. The smallest absolute Gasteiger partial charge is 0.264 e. The fourth-order valence-corrected chi connectivity index (χ4v) is 5.86. The summed E-state index contributed by atoms with van der Waals surface area (Å²) in [6.45, 7) is 9.54.